The molecule has 0 aromatic heterocycles. The highest BCUT2D eigenvalue weighted by molar-refractivity contribution is 7.90. The van der Waals surface area contributed by atoms with Gasteiger partial charge in [-0.25, -0.2) is 8.78 Å². The molecule has 0 saturated carbocycles. The van der Waals surface area contributed by atoms with Crippen molar-refractivity contribution >= 4 is 20.2 Å². The first-order valence-corrected chi connectivity index (χ1v) is 11.2. The minimum atomic E-state index is -5.03. The van der Waals surface area contributed by atoms with Gasteiger partial charge in [0.15, 0.2) is 11.6 Å². The highest BCUT2D eigenvalue weighted by atomic mass is 32.2. The molecule has 0 unspecified atom stereocenters. The largest absolute Gasteiger partial charge is 0.455 e. The van der Waals surface area contributed by atoms with Gasteiger partial charge in [-0.2, -0.15) is 31.7 Å². The lowest BCUT2D eigenvalue weighted by molar-refractivity contribution is 0.348. The van der Waals surface area contributed by atoms with E-state index in [1.54, 1.807) is 0 Å². The van der Waals surface area contributed by atoms with E-state index < -0.39 is 76.6 Å². The maximum atomic E-state index is 14.6. The second-order valence-corrected chi connectivity index (χ2v) is 9.03. The minimum absolute atomic E-state index is 0.342. The smallest absolute Gasteiger partial charge is 0.294 e. The number of nitriles is 2. The van der Waals surface area contributed by atoms with Crippen molar-refractivity contribution in [1.82, 2.24) is 0 Å². The fourth-order valence-electron chi connectivity index (χ4n) is 2.46. The molecule has 172 valence electrons. The summed E-state index contributed by atoms with van der Waals surface area (Å²) in [5.41, 5.74) is -2.75. The fraction of sp³-hybridized carbons (Fsp3) is 0.0526. The minimum Gasteiger partial charge on any atom is -0.455 e. The molecular weight excluding hydrogens is 489 g/mol. The summed E-state index contributed by atoms with van der Waals surface area (Å²) in [7, 11) is -9.85. The van der Waals surface area contributed by atoms with Crippen molar-refractivity contribution in [3.63, 3.8) is 0 Å². The van der Waals surface area contributed by atoms with Crippen LogP contribution in [0.4, 0.5) is 13.2 Å². The number of ether oxygens (including phenoxy) is 1. The summed E-state index contributed by atoms with van der Waals surface area (Å²) in [5, 5.41) is 17.8. The Labute approximate surface area is 185 Å². The van der Waals surface area contributed by atoms with Gasteiger partial charge in [-0.1, -0.05) is 12.7 Å². The normalized spacial score (nSPS) is 19.1. The molecule has 14 heteroatoms. The van der Waals surface area contributed by atoms with E-state index in [9.17, 15) is 39.1 Å². The molecule has 0 radical (unpaired) electrons. The lowest BCUT2D eigenvalue weighted by Crippen LogP contribution is -2.09. The van der Waals surface area contributed by atoms with Gasteiger partial charge in [0.1, 0.15) is 29.0 Å². The lowest BCUT2D eigenvalue weighted by Gasteiger charge is -2.14. The third kappa shape index (κ3) is 5.76. The van der Waals surface area contributed by atoms with Gasteiger partial charge >= 0.3 is 0 Å². The molecule has 1 aromatic carbocycles. The van der Waals surface area contributed by atoms with Gasteiger partial charge in [-0.3, -0.25) is 9.11 Å². The van der Waals surface area contributed by atoms with Crippen molar-refractivity contribution < 1.29 is 43.8 Å². The molecule has 0 atom stereocenters. The van der Waals surface area contributed by atoms with Crippen molar-refractivity contribution in [2.24, 2.45) is 0 Å². The van der Waals surface area contributed by atoms with Crippen LogP contribution in [-0.2, 0) is 20.2 Å². The van der Waals surface area contributed by atoms with Crippen LogP contribution in [0, 0.1) is 40.1 Å². The number of hydrogen-bond donors (Lipinski definition) is 2. The summed E-state index contributed by atoms with van der Waals surface area (Å²) in [5.74, 6) is -7.86. The number of hydrogen-bond acceptors (Lipinski definition) is 7. The molecule has 33 heavy (non-hydrogen) atoms. The van der Waals surface area contributed by atoms with Gasteiger partial charge in [-0.15, -0.1) is 0 Å². The average Bonchev–Trinajstić information content (AvgIpc) is 2.70. The second-order valence-electron chi connectivity index (χ2n) is 6.18. The van der Waals surface area contributed by atoms with Gasteiger partial charge in [0.25, 0.3) is 20.2 Å². The van der Waals surface area contributed by atoms with E-state index in [-0.39, 0.29) is 5.57 Å². The quantitative estimate of drug-likeness (QED) is 0.466. The summed E-state index contributed by atoms with van der Waals surface area (Å²) >= 11 is 0. The summed E-state index contributed by atoms with van der Waals surface area (Å²) < 4.78 is 113. The fourth-order valence-corrected chi connectivity index (χ4v) is 3.60. The van der Waals surface area contributed by atoms with E-state index in [1.165, 1.54) is 6.07 Å². The first-order chi connectivity index (χ1) is 15.2. The number of allylic oxidation sites excluding steroid dienone is 6. The Morgan fingerprint density at radius 1 is 0.879 bits per heavy atom. The van der Waals surface area contributed by atoms with E-state index in [4.69, 9.17) is 15.3 Å². The topological polar surface area (TPSA) is 166 Å². The molecule has 0 amide bonds. The maximum Gasteiger partial charge on any atom is 0.294 e. The van der Waals surface area contributed by atoms with Gasteiger partial charge in [0, 0.05) is 6.42 Å². The summed E-state index contributed by atoms with van der Waals surface area (Å²) in [4.78, 5) is -1.73. The van der Waals surface area contributed by atoms with Crippen LogP contribution in [0.1, 0.15) is 17.5 Å². The summed E-state index contributed by atoms with van der Waals surface area (Å²) in [6.45, 7) is 3.36. The van der Waals surface area contributed by atoms with Gasteiger partial charge < -0.3 is 4.74 Å². The Morgan fingerprint density at radius 3 is 1.91 bits per heavy atom. The van der Waals surface area contributed by atoms with Crippen molar-refractivity contribution in [2.45, 2.75) is 6.42 Å². The van der Waals surface area contributed by atoms with Crippen LogP contribution >= 0.6 is 0 Å². The van der Waals surface area contributed by atoms with Crippen LogP contribution in [0.5, 0.6) is 5.75 Å². The van der Waals surface area contributed by atoms with Gasteiger partial charge in [0.05, 0.1) is 9.81 Å². The molecule has 1 aromatic rings. The monoisotopic (exact) mass is 500 g/mol. The van der Waals surface area contributed by atoms with E-state index in [0.29, 0.717) is 12.2 Å². The number of nitrogens with zero attached hydrogens (tertiary/aromatic N) is 2. The summed E-state index contributed by atoms with van der Waals surface area (Å²) in [6, 6.07) is 2.32. The van der Waals surface area contributed by atoms with Crippen LogP contribution in [0.25, 0.3) is 0 Å². The molecule has 0 saturated heterocycles. The Bertz CT molecular complexity index is 1470. The van der Waals surface area contributed by atoms with Crippen molar-refractivity contribution in [2.75, 3.05) is 0 Å². The van der Waals surface area contributed by atoms with E-state index in [1.807, 2.05) is 0 Å². The molecule has 2 rings (SSSR count). The van der Waals surface area contributed by atoms with Crippen LogP contribution < -0.4 is 4.74 Å². The third-order valence-corrected chi connectivity index (χ3v) is 5.57. The summed E-state index contributed by atoms with van der Waals surface area (Å²) in [6.07, 6.45) is 3.19. The molecule has 0 spiro atoms. The number of rotatable bonds is 4. The van der Waals surface area contributed by atoms with E-state index in [0.717, 1.165) is 24.3 Å². The predicted octanol–water partition coefficient (Wildman–Crippen LogP) is 3.17. The number of benzene rings is 1. The first kappa shape index (κ1) is 25.6. The van der Waals surface area contributed by atoms with Crippen LogP contribution in [0.15, 0.2) is 58.1 Å². The third-order valence-electron chi connectivity index (χ3n) is 3.89. The molecule has 0 heterocycles. The zero-order valence-corrected chi connectivity index (χ0v) is 17.7. The molecule has 2 N–H and O–H groups in total. The van der Waals surface area contributed by atoms with E-state index in [2.05, 4.69) is 6.58 Å². The van der Waals surface area contributed by atoms with Crippen molar-refractivity contribution in [3.05, 3.63) is 86.7 Å². The lowest BCUT2D eigenvalue weighted by atomic mass is 10.1. The molecular formula is C19H11F3N2O7S2. The average molecular weight is 500 g/mol. The molecule has 9 nitrogen and oxygen atoms in total. The first-order valence-electron chi connectivity index (χ1n) is 8.33. The molecule has 0 fully saturated rings. The molecule has 0 bridgehead atoms. The highest BCUT2D eigenvalue weighted by Gasteiger charge is 2.28. The second kappa shape index (κ2) is 9.43. The Kier molecular flexibility index (Phi) is 7.31. The van der Waals surface area contributed by atoms with Crippen LogP contribution in [-0.4, -0.2) is 25.9 Å². The predicted molar refractivity (Wildman–Crippen MR) is 107 cm³/mol. The zero-order valence-electron chi connectivity index (χ0n) is 16.1. The van der Waals surface area contributed by atoms with E-state index >= 15 is 0 Å². The number of halogens is 3. The van der Waals surface area contributed by atoms with Crippen molar-refractivity contribution in [1.29, 1.82) is 10.5 Å². The van der Waals surface area contributed by atoms with Gasteiger partial charge in [0.2, 0.25) is 11.6 Å². The standard InChI is InChI=1S/C19H11F3N2O7S2/c1-10-5-12(32(25,26)27)4-2-3-11(7-13(6-10)33(28,29)30)31-19-17(21)15(9-24)14(8-23)16(20)18(19)22/h2,4-7H,1,3H2,(H,25,26,27)(H,28,29,30)/b4-2-,11-7+,12-5+,13-6?. The van der Waals surface area contributed by atoms with Gasteiger partial charge in [-0.05, 0) is 29.9 Å². The van der Waals surface area contributed by atoms with Crippen LogP contribution in [0.2, 0.25) is 0 Å². The highest BCUT2D eigenvalue weighted by Crippen LogP contribution is 2.33. The Hall–Kier alpha value is -3.69. The Balaban J connectivity index is 2.75. The molecule has 1 aliphatic rings. The zero-order chi connectivity index (χ0) is 25.1. The molecule has 0 aliphatic heterocycles. The van der Waals surface area contributed by atoms with Crippen molar-refractivity contribution in [3.8, 4) is 17.9 Å². The van der Waals surface area contributed by atoms with Crippen LogP contribution in [0.3, 0.4) is 0 Å². The SMILES string of the molecule is C=C1C=C(S(=O)(=O)O)/C=C(/Oc2c(F)c(F)c(C#N)c(C#N)c2F)C/C=C\C(S(=O)(=O)O)=C/1. The molecule has 1 aliphatic carbocycles. The maximum absolute atomic E-state index is 14.6. The Morgan fingerprint density at radius 2 is 1.39 bits per heavy atom.